The van der Waals surface area contributed by atoms with Gasteiger partial charge in [0.15, 0.2) is 0 Å². The zero-order valence-electron chi connectivity index (χ0n) is 13.7. The van der Waals surface area contributed by atoms with E-state index in [1.54, 1.807) is 9.80 Å². The molecular weight excluding hydrogens is 306 g/mol. The molecule has 0 atom stereocenters. The van der Waals surface area contributed by atoms with Crippen molar-refractivity contribution in [2.75, 3.05) is 45.5 Å². The largest absolute Gasteiger partial charge is 0.342 e. The average molecular weight is 333 g/mol. The molecule has 0 spiro atoms. The van der Waals surface area contributed by atoms with E-state index in [-0.39, 0.29) is 18.9 Å². The van der Waals surface area contributed by atoms with Gasteiger partial charge in [0.2, 0.25) is 22.3 Å². The Morgan fingerprint density at radius 3 is 2.23 bits per heavy atom. The lowest BCUT2D eigenvalue weighted by atomic mass is 10.1. The molecule has 2 amide bonds. The van der Waals surface area contributed by atoms with Gasteiger partial charge in [-0.2, -0.15) is 0 Å². The molecule has 8 heteroatoms. The SMILES string of the molecule is CC(C)CCN(CCC(=O)N1CCN(C=O)CC1)S(C)(=O)=O. The molecule has 0 aromatic rings. The van der Waals surface area contributed by atoms with Crippen LogP contribution in [0.4, 0.5) is 0 Å². The summed E-state index contributed by atoms with van der Waals surface area (Å²) in [4.78, 5) is 26.1. The molecule has 0 N–H and O–H groups in total. The lowest BCUT2D eigenvalue weighted by Gasteiger charge is -2.33. The first-order chi connectivity index (χ1) is 10.2. The van der Waals surface area contributed by atoms with Gasteiger partial charge in [-0.15, -0.1) is 0 Å². The van der Waals surface area contributed by atoms with Crippen LogP contribution < -0.4 is 0 Å². The third-order valence-electron chi connectivity index (χ3n) is 3.82. The highest BCUT2D eigenvalue weighted by molar-refractivity contribution is 7.88. The molecular formula is C14H27N3O4S. The molecule has 0 aromatic carbocycles. The maximum absolute atomic E-state index is 12.2. The van der Waals surface area contributed by atoms with E-state index in [0.717, 1.165) is 12.8 Å². The molecule has 1 rings (SSSR count). The Balaban J connectivity index is 2.47. The summed E-state index contributed by atoms with van der Waals surface area (Å²) >= 11 is 0. The van der Waals surface area contributed by atoms with E-state index in [4.69, 9.17) is 0 Å². The van der Waals surface area contributed by atoms with Crippen LogP contribution >= 0.6 is 0 Å². The minimum absolute atomic E-state index is 0.0521. The van der Waals surface area contributed by atoms with Crippen molar-refractivity contribution >= 4 is 22.3 Å². The topological polar surface area (TPSA) is 78.0 Å². The quantitative estimate of drug-likeness (QED) is 0.585. The number of rotatable bonds is 8. The second kappa shape index (κ2) is 8.47. The summed E-state index contributed by atoms with van der Waals surface area (Å²) in [5.74, 6) is 0.361. The van der Waals surface area contributed by atoms with Crippen molar-refractivity contribution in [1.29, 1.82) is 0 Å². The Bertz CT molecular complexity index is 470. The van der Waals surface area contributed by atoms with Crippen molar-refractivity contribution in [3.8, 4) is 0 Å². The molecule has 1 aliphatic heterocycles. The van der Waals surface area contributed by atoms with Gasteiger partial charge in [0.1, 0.15) is 0 Å². The average Bonchev–Trinajstić information content (AvgIpc) is 2.45. The number of hydrogen-bond donors (Lipinski definition) is 0. The standard InChI is InChI=1S/C14H27N3O4S/c1-13(2)4-6-17(22(3,20)21)7-5-14(19)16-10-8-15(12-18)9-11-16/h12-13H,4-11H2,1-3H3. The highest BCUT2D eigenvalue weighted by Gasteiger charge is 2.23. The molecule has 0 bridgehead atoms. The molecule has 128 valence electrons. The lowest BCUT2D eigenvalue weighted by Crippen LogP contribution is -2.48. The van der Waals surface area contributed by atoms with Crippen LogP contribution in [0.5, 0.6) is 0 Å². The van der Waals surface area contributed by atoms with Crippen LogP contribution in [0.3, 0.4) is 0 Å². The summed E-state index contributed by atoms with van der Waals surface area (Å²) < 4.78 is 24.9. The van der Waals surface area contributed by atoms with Crippen molar-refractivity contribution in [2.45, 2.75) is 26.7 Å². The number of carbonyl (C=O) groups excluding carboxylic acids is 2. The second-order valence-electron chi connectivity index (χ2n) is 6.12. The molecule has 0 radical (unpaired) electrons. The van der Waals surface area contributed by atoms with Crippen LogP contribution in [-0.2, 0) is 19.6 Å². The van der Waals surface area contributed by atoms with Crippen molar-refractivity contribution in [2.24, 2.45) is 5.92 Å². The van der Waals surface area contributed by atoms with Gasteiger partial charge in [-0.3, -0.25) is 9.59 Å². The predicted octanol–water partition coefficient (Wildman–Crippen LogP) is -0.0152. The maximum Gasteiger partial charge on any atom is 0.224 e. The van der Waals surface area contributed by atoms with Crippen LogP contribution in [0.1, 0.15) is 26.7 Å². The summed E-state index contributed by atoms with van der Waals surface area (Å²) in [6, 6.07) is 0. The number of amides is 2. The van der Waals surface area contributed by atoms with Crippen molar-refractivity contribution in [1.82, 2.24) is 14.1 Å². The van der Waals surface area contributed by atoms with Crippen LogP contribution in [-0.4, -0.2) is 80.4 Å². The van der Waals surface area contributed by atoms with E-state index in [9.17, 15) is 18.0 Å². The lowest BCUT2D eigenvalue weighted by molar-refractivity contribution is -0.135. The molecule has 1 heterocycles. The minimum atomic E-state index is -3.29. The van der Waals surface area contributed by atoms with E-state index < -0.39 is 10.0 Å². The van der Waals surface area contributed by atoms with Gasteiger partial charge in [0.25, 0.3) is 0 Å². The molecule has 1 fully saturated rings. The molecule has 7 nitrogen and oxygen atoms in total. The first kappa shape index (κ1) is 18.9. The van der Waals surface area contributed by atoms with Gasteiger partial charge < -0.3 is 9.80 Å². The summed E-state index contributed by atoms with van der Waals surface area (Å²) in [7, 11) is -3.29. The third-order valence-corrected chi connectivity index (χ3v) is 5.12. The van der Waals surface area contributed by atoms with Crippen molar-refractivity contribution < 1.29 is 18.0 Å². The molecule has 1 saturated heterocycles. The van der Waals surface area contributed by atoms with Crippen LogP contribution in [0.2, 0.25) is 0 Å². The summed E-state index contributed by atoms with van der Waals surface area (Å²) in [5.41, 5.74) is 0. The fourth-order valence-corrected chi connectivity index (χ4v) is 3.16. The molecule has 1 aliphatic rings. The zero-order valence-corrected chi connectivity index (χ0v) is 14.5. The number of hydrogen-bond acceptors (Lipinski definition) is 4. The fraction of sp³-hybridized carbons (Fsp3) is 0.857. The van der Waals surface area contributed by atoms with Gasteiger partial charge in [0.05, 0.1) is 6.26 Å². The summed E-state index contributed by atoms with van der Waals surface area (Å²) in [6.07, 6.45) is 2.94. The smallest absolute Gasteiger partial charge is 0.224 e. The number of sulfonamides is 1. The second-order valence-corrected chi connectivity index (χ2v) is 8.10. The van der Waals surface area contributed by atoms with E-state index >= 15 is 0 Å². The van der Waals surface area contributed by atoms with E-state index in [1.807, 2.05) is 13.8 Å². The first-order valence-corrected chi connectivity index (χ1v) is 9.51. The minimum Gasteiger partial charge on any atom is -0.342 e. The Hall–Kier alpha value is -1.15. The van der Waals surface area contributed by atoms with Gasteiger partial charge in [0, 0.05) is 45.7 Å². The summed E-state index contributed by atoms with van der Waals surface area (Å²) in [5, 5.41) is 0. The maximum atomic E-state index is 12.2. The molecule has 22 heavy (non-hydrogen) atoms. The fourth-order valence-electron chi connectivity index (χ4n) is 2.30. The van der Waals surface area contributed by atoms with Gasteiger partial charge >= 0.3 is 0 Å². The number of carbonyl (C=O) groups is 2. The molecule has 0 aromatic heterocycles. The Morgan fingerprint density at radius 2 is 1.77 bits per heavy atom. The third kappa shape index (κ3) is 6.31. The summed E-state index contributed by atoms with van der Waals surface area (Å²) in [6.45, 7) is 6.86. The van der Waals surface area contributed by atoms with Crippen molar-refractivity contribution in [3.63, 3.8) is 0 Å². The predicted molar refractivity (Wildman–Crippen MR) is 84.7 cm³/mol. The van der Waals surface area contributed by atoms with Gasteiger partial charge in [-0.25, -0.2) is 12.7 Å². The molecule has 0 saturated carbocycles. The van der Waals surface area contributed by atoms with E-state index in [1.165, 1.54) is 10.6 Å². The Labute approximate surface area is 133 Å². The number of nitrogens with zero attached hydrogens (tertiary/aromatic N) is 3. The van der Waals surface area contributed by atoms with Gasteiger partial charge in [-0.1, -0.05) is 13.8 Å². The van der Waals surface area contributed by atoms with Gasteiger partial charge in [-0.05, 0) is 12.3 Å². The van der Waals surface area contributed by atoms with Crippen LogP contribution in [0.25, 0.3) is 0 Å². The molecule has 0 aliphatic carbocycles. The van der Waals surface area contributed by atoms with Crippen molar-refractivity contribution in [3.05, 3.63) is 0 Å². The van der Waals surface area contributed by atoms with E-state index in [2.05, 4.69) is 0 Å². The molecule has 0 unspecified atom stereocenters. The highest BCUT2D eigenvalue weighted by atomic mass is 32.2. The number of piperazine rings is 1. The highest BCUT2D eigenvalue weighted by Crippen LogP contribution is 2.08. The normalized spacial score (nSPS) is 16.4. The monoisotopic (exact) mass is 333 g/mol. The zero-order chi connectivity index (χ0) is 16.8. The van der Waals surface area contributed by atoms with Crippen LogP contribution in [0, 0.1) is 5.92 Å². The Kier molecular flexibility index (Phi) is 7.28. The van der Waals surface area contributed by atoms with E-state index in [0.29, 0.717) is 38.6 Å². The Morgan fingerprint density at radius 1 is 1.18 bits per heavy atom. The van der Waals surface area contributed by atoms with Crippen LogP contribution in [0.15, 0.2) is 0 Å². The first-order valence-electron chi connectivity index (χ1n) is 7.66.